The van der Waals surface area contributed by atoms with Gasteiger partial charge in [0, 0.05) is 5.38 Å². The fourth-order valence-electron chi connectivity index (χ4n) is 0.796. The summed E-state index contributed by atoms with van der Waals surface area (Å²) in [6.45, 7) is 5.19. The van der Waals surface area contributed by atoms with Crippen LogP contribution in [0.15, 0.2) is 5.38 Å². The molecular formula is C9H12NNaO4S. The maximum Gasteiger partial charge on any atom is 1.00 e. The van der Waals surface area contributed by atoms with Gasteiger partial charge in [-0.15, -0.1) is 11.3 Å². The number of carbonyl (C=O) groups excluding carboxylic acids is 1. The number of hydrogen-bond donors (Lipinski definition) is 1. The van der Waals surface area contributed by atoms with Gasteiger partial charge in [-0.2, -0.15) is 0 Å². The molecule has 1 aromatic heterocycles. The van der Waals surface area contributed by atoms with Crippen LogP contribution in [0.4, 0.5) is 0 Å². The van der Waals surface area contributed by atoms with Crippen LogP contribution < -0.4 is 29.6 Å². The van der Waals surface area contributed by atoms with E-state index in [1.165, 1.54) is 5.38 Å². The predicted octanol–water partition coefficient (Wildman–Crippen LogP) is -1.09. The van der Waals surface area contributed by atoms with E-state index >= 15 is 0 Å². The van der Waals surface area contributed by atoms with Gasteiger partial charge in [0.15, 0.2) is 5.69 Å². The molecule has 0 atom stereocenters. The molecule has 0 aliphatic heterocycles. The molecule has 1 rings (SSSR count). The Bertz CT molecular complexity index is 402. The Kier molecular flexibility index (Phi) is 5.61. The predicted molar refractivity (Wildman–Crippen MR) is 55.4 cm³/mol. The second-order valence-corrected chi connectivity index (χ2v) is 4.70. The topological polar surface area (TPSA) is 76.5 Å². The van der Waals surface area contributed by atoms with E-state index < -0.39 is 17.5 Å². The normalized spacial score (nSPS) is 10.4. The van der Waals surface area contributed by atoms with E-state index in [1.807, 2.05) is 0 Å². The zero-order valence-electron chi connectivity index (χ0n) is 10.6. The van der Waals surface area contributed by atoms with Crippen LogP contribution in [0.2, 0.25) is 0 Å². The summed E-state index contributed by atoms with van der Waals surface area (Å²) < 4.78 is 5.03. The molecule has 1 aromatic rings. The first kappa shape index (κ1) is 15.6. The first-order valence-electron chi connectivity index (χ1n) is 4.22. The fourth-order valence-corrected chi connectivity index (χ4v) is 1.42. The zero-order valence-corrected chi connectivity index (χ0v) is 12.4. The van der Waals surface area contributed by atoms with Crippen LogP contribution in [0.25, 0.3) is 0 Å². The van der Waals surface area contributed by atoms with Crippen LogP contribution >= 0.6 is 11.3 Å². The van der Waals surface area contributed by atoms with Gasteiger partial charge in [-0.1, -0.05) is 0 Å². The molecule has 0 spiro atoms. The number of rotatable bonds is 2. The number of hydrogen-bond acceptors (Lipinski definition) is 5. The Morgan fingerprint density at radius 1 is 1.50 bits per heavy atom. The second-order valence-electron chi connectivity index (χ2n) is 3.84. The SMILES string of the molecule is CC(C)(C)OC(=O)c1csc(C(=O)O)n1.[H-].[Na+]. The minimum Gasteiger partial charge on any atom is -1.00 e. The Hall–Kier alpha value is -0.430. The molecule has 1 heterocycles. The van der Waals surface area contributed by atoms with Crippen molar-refractivity contribution in [3.8, 4) is 0 Å². The third-order valence-corrected chi connectivity index (χ3v) is 2.13. The molecule has 7 heteroatoms. The van der Waals surface area contributed by atoms with Crippen LogP contribution in [0.1, 0.15) is 42.5 Å². The van der Waals surface area contributed by atoms with E-state index in [0.29, 0.717) is 0 Å². The van der Waals surface area contributed by atoms with Crippen molar-refractivity contribution >= 4 is 23.3 Å². The molecule has 84 valence electrons. The fraction of sp³-hybridized carbons (Fsp3) is 0.444. The van der Waals surface area contributed by atoms with Crippen molar-refractivity contribution in [3.05, 3.63) is 16.1 Å². The minimum atomic E-state index is -1.14. The molecular weight excluding hydrogens is 241 g/mol. The number of ether oxygens (including phenoxy) is 1. The van der Waals surface area contributed by atoms with Gasteiger partial charge in [-0.3, -0.25) is 0 Å². The van der Waals surface area contributed by atoms with E-state index in [1.54, 1.807) is 20.8 Å². The standard InChI is InChI=1S/C9H11NO4S.Na.H/c1-9(2,3)14-8(13)5-4-15-6(10-5)7(11)12;;/h4H,1-3H3,(H,11,12);;/q;+1;-1. The number of thiazole rings is 1. The summed E-state index contributed by atoms with van der Waals surface area (Å²) >= 11 is 0.900. The van der Waals surface area contributed by atoms with E-state index in [9.17, 15) is 9.59 Å². The molecule has 0 aliphatic rings. The summed E-state index contributed by atoms with van der Waals surface area (Å²) in [6, 6.07) is 0. The molecule has 0 bridgehead atoms. The number of aromatic nitrogens is 1. The molecule has 0 saturated heterocycles. The molecule has 0 fully saturated rings. The summed E-state index contributed by atoms with van der Waals surface area (Å²) in [7, 11) is 0. The van der Waals surface area contributed by atoms with Crippen LogP contribution in [0.3, 0.4) is 0 Å². The Morgan fingerprint density at radius 2 is 2.06 bits per heavy atom. The summed E-state index contributed by atoms with van der Waals surface area (Å²) in [5, 5.41) is 9.87. The van der Waals surface area contributed by atoms with Crippen molar-refractivity contribution in [1.29, 1.82) is 0 Å². The summed E-state index contributed by atoms with van der Waals surface area (Å²) in [5.41, 5.74) is -0.572. The van der Waals surface area contributed by atoms with E-state index in [4.69, 9.17) is 9.84 Å². The average molecular weight is 253 g/mol. The van der Waals surface area contributed by atoms with Crippen LogP contribution in [0.5, 0.6) is 0 Å². The van der Waals surface area contributed by atoms with Crippen molar-refractivity contribution < 1.29 is 50.4 Å². The van der Waals surface area contributed by atoms with Crippen molar-refractivity contribution in [2.24, 2.45) is 0 Å². The monoisotopic (exact) mass is 253 g/mol. The smallest absolute Gasteiger partial charge is 1.00 e. The van der Waals surface area contributed by atoms with Crippen molar-refractivity contribution in [3.63, 3.8) is 0 Å². The van der Waals surface area contributed by atoms with Gasteiger partial charge >= 0.3 is 41.5 Å². The summed E-state index contributed by atoms with van der Waals surface area (Å²) in [4.78, 5) is 25.6. The van der Waals surface area contributed by atoms with E-state index in [2.05, 4.69) is 4.98 Å². The summed E-state index contributed by atoms with van der Waals surface area (Å²) in [5.74, 6) is -1.75. The molecule has 0 aromatic carbocycles. The van der Waals surface area contributed by atoms with Gasteiger partial charge < -0.3 is 11.3 Å². The van der Waals surface area contributed by atoms with Crippen molar-refractivity contribution in [2.75, 3.05) is 0 Å². The van der Waals surface area contributed by atoms with E-state index in [0.717, 1.165) is 11.3 Å². The Balaban J connectivity index is 0. The number of carbonyl (C=O) groups is 2. The van der Waals surface area contributed by atoms with Gasteiger partial charge in [0.1, 0.15) is 5.60 Å². The van der Waals surface area contributed by atoms with Crippen molar-refractivity contribution in [1.82, 2.24) is 4.98 Å². The number of carboxylic acid groups (broad SMARTS) is 1. The second kappa shape index (κ2) is 5.77. The first-order valence-corrected chi connectivity index (χ1v) is 5.10. The number of nitrogens with zero attached hydrogens (tertiary/aromatic N) is 1. The molecule has 0 aliphatic carbocycles. The minimum absolute atomic E-state index is 0. The molecule has 5 nitrogen and oxygen atoms in total. The summed E-state index contributed by atoms with van der Waals surface area (Å²) in [6.07, 6.45) is 0. The zero-order chi connectivity index (χ0) is 11.6. The Morgan fingerprint density at radius 3 is 2.44 bits per heavy atom. The molecule has 1 N–H and O–H groups in total. The molecule has 0 unspecified atom stereocenters. The van der Waals surface area contributed by atoms with E-state index in [-0.39, 0.29) is 41.7 Å². The number of carboxylic acids is 1. The van der Waals surface area contributed by atoms with Gasteiger partial charge in [-0.05, 0) is 20.8 Å². The van der Waals surface area contributed by atoms with Crippen LogP contribution in [-0.2, 0) is 4.74 Å². The first-order chi connectivity index (χ1) is 6.79. The quantitative estimate of drug-likeness (QED) is 0.535. The molecule has 0 saturated carbocycles. The average Bonchev–Trinajstić information content (AvgIpc) is 2.47. The molecule has 0 amide bonds. The van der Waals surface area contributed by atoms with Crippen LogP contribution in [0, 0.1) is 0 Å². The number of aromatic carboxylic acids is 1. The third-order valence-electron chi connectivity index (χ3n) is 1.30. The molecule has 16 heavy (non-hydrogen) atoms. The van der Waals surface area contributed by atoms with Gasteiger partial charge in [0.05, 0.1) is 0 Å². The third kappa shape index (κ3) is 4.61. The molecule has 0 radical (unpaired) electrons. The maximum atomic E-state index is 11.4. The largest absolute Gasteiger partial charge is 1.00 e. The Labute approximate surface area is 121 Å². The van der Waals surface area contributed by atoms with Crippen molar-refractivity contribution in [2.45, 2.75) is 26.4 Å². The van der Waals surface area contributed by atoms with Gasteiger partial charge in [-0.25, -0.2) is 14.6 Å². The maximum absolute atomic E-state index is 11.4. The van der Waals surface area contributed by atoms with Gasteiger partial charge in [0.2, 0.25) is 5.01 Å². The van der Waals surface area contributed by atoms with Gasteiger partial charge in [0.25, 0.3) is 0 Å². The number of esters is 1. The van der Waals surface area contributed by atoms with Crippen LogP contribution in [-0.4, -0.2) is 27.6 Å².